The molecule has 0 atom stereocenters. The Bertz CT molecular complexity index is 443. The lowest BCUT2D eigenvalue weighted by atomic mass is 10.2. The molecule has 0 amide bonds. The predicted octanol–water partition coefficient (Wildman–Crippen LogP) is 1.79. The van der Waals surface area contributed by atoms with Crippen LogP contribution >= 0.6 is 0 Å². The molecule has 0 aliphatic heterocycles. The third-order valence-electron chi connectivity index (χ3n) is 2.14. The topological polar surface area (TPSA) is 99.0 Å². The van der Waals surface area contributed by atoms with Gasteiger partial charge >= 0.3 is 11.9 Å². The van der Waals surface area contributed by atoms with Gasteiger partial charge in [-0.05, 0) is 25.0 Å². The van der Waals surface area contributed by atoms with Gasteiger partial charge in [0.05, 0.1) is 5.69 Å². The number of anilines is 1. The van der Waals surface area contributed by atoms with Crippen molar-refractivity contribution in [2.24, 2.45) is 5.10 Å². The molecule has 0 heterocycles. The minimum absolute atomic E-state index is 0.0718. The molecule has 0 radical (unpaired) electrons. The number of hydrogen-bond donors (Lipinski definition) is 3. The van der Waals surface area contributed by atoms with Crippen LogP contribution in [0.4, 0.5) is 5.69 Å². The molecule has 0 spiro atoms. The van der Waals surface area contributed by atoms with E-state index < -0.39 is 11.9 Å². The van der Waals surface area contributed by atoms with E-state index in [2.05, 4.69) is 10.5 Å². The highest BCUT2D eigenvalue weighted by Crippen LogP contribution is 2.06. The van der Waals surface area contributed by atoms with Crippen molar-refractivity contribution in [3.05, 3.63) is 30.3 Å². The Morgan fingerprint density at radius 3 is 2.33 bits per heavy atom. The summed E-state index contributed by atoms with van der Waals surface area (Å²) in [6, 6.07) is 8.92. The van der Waals surface area contributed by atoms with Crippen LogP contribution in [0.3, 0.4) is 0 Å². The highest BCUT2D eigenvalue weighted by atomic mass is 16.4. The summed E-state index contributed by atoms with van der Waals surface area (Å²) in [5, 5.41) is 21.1. The molecule has 6 nitrogen and oxygen atoms in total. The number of benzene rings is 1. The van der Waals surface area contributed by atoms with Crippen molar-refractivity contribution in [1.29, 1.82) is 0 Å². The van der Waals surface area contributed by atoms with Crippen LogP contribution in [0, 0.1) is 0 Å². The van der Waals surface area contributed by atoms with Crippen LogP contribution in [0.5, 0.6) is 0 Å². The number of para-hydroxylation sites is 1. The first kappa shape index (κ1) is 13.7. The lowest BCUT2D eigenvalue weighted by Crippen LogP contribution is -2.15. The average Bonchev–Trinajstić information content (AvgIpc) is 2.34. The van der Waals surface area contributed by atoms with Crippen molar-refractivity contribution in [2.75, 3.05) is 5.43 Å². The van der Waals surface area contributed by atoms with E-state index in [1.807, 2.05) is 6.07 Å². The van der Waals surface area contributed by atoms with E-state index in [-0.39, 0.29) is 25.0 Å². The highest BCUT2D eigenvalue weighted by Gasteiger charge is 2.10. The standard InChI is InChI=1S/C12H14N2O4/c15-11(16)8-4-7-10(12(17)18)14-13-9-5-2-1-3-6-9/h1-3,5-6,13H,4,7-8H2,(H,15,16)(H,17,18)/b14-10+. The maximum absolute atomic E-state index is 10.9. The molecule has 1 aromatic carbocycles. The van der Waals surface area contributed by atoms with Crippen LogP contribution in [-0.4, -0.2) is 27.9 Å². The molecule has 0 bridgehead atoms. The molecular formula is C12H14N2O4. The molecule has 18 heavy (non-hydrogen) atoms. The van der Waals surface area contributed by atoms with E-state index >= 15 is 0 Å². The van der Waals surface area contributed by atoms with E-state index in [1.165, 1.54) is 0 Å². The molecule has 96 valence electrons. The smallest absolute Gasteiger partial charge is 0.352 e. The van der Waals surface area contributed by atoms with Crippen molar-refractivity contribution in [1.82, 2.24) is 0 Å². The summed E-state index contributed by atoms with van der Waals surface area (Å²) in [5.74, 6) is -2.10. The van der Waals surface area contributed by atoms with Gasteiger partial charge in [0.15, 0.2) is 0 Å². The SMILES string of the molecule is O=C(O)CCC/C(=N\Nc1ccccc1)C(=O)O. The maximum atomic E-state index is 10.9. The Morgan fingerprint density at radius 2 is 1.78 bits per heavy atom. The van der Waals surface area contributed by atoms with Crippen LogP contribution in [-0.2, 0) is 9.59 Å². The van der Waals surface area contributed by atoms with E-state index in [0.29, 0.717) is 5.69 Å². The average molecular weight is 250 g/mol. The molecular weight excluding hydrogens is 236 g/mol. The Labute approximate surface area is 104 Å². The first-order valence-corrected chi connectivity index (χ1v) is 5.42. The Balaban J connectivity index is 2.56. The summed E-state index contributed by atoms with van der Waals surface area (Å²) < 4.78 is 0. The van der Waals surface area contributed by atoms with Gasteiger partial charge in [-0.2, -0.15) is 5.10 Å². The van der Waals surface area contributed by atoms with Gasteiger partial charge in [-0.25, -0.2) is 4.79 Å². The Morgan fingerprint density at radius 1 is 1.11 bits per heavy atom. The van der Waals surface area contributed by atoms with Crippen molar-refractivity contribution in [3.8, 4) is 0 Å². The quantitative estimate of drug-likeness (QED) is 0.506. The number of carboxylic acids is 2. The van der Waals surface area contributed by atoms with E-state index in [9.17, 15) is 9.59 Å². The fraction of sp³-hybridized carbons (Fsp3) is 0.250. The summed E-state index contributed by atoms with van der Waals surface area (Å²) in [6.45, 7) is 0. The van der Waals surface area contributed by atoms with Gasteiger partial charge in [-0.1, -0.05) is 18.2 Å². The van der Waals surface area contributed by atoms with Crippen molar-refractivity contribution in [2.45, 2.75) is 19.3 Å². The van der Waals surface area contributed by atoms with E-state index in [4.69, 9.17) is 10.2 Å². The Hall–Kier alpha value is -2.37. The van der Waals surface area contributed by atoms with Gasteiger partial charge in [0, 0.05) is 6.42 Å². The number of hydrogen-bond acceptors (Lipinski definition) is 4. The third kappa shape index (κ3) is 5.11. The Kier molecular flexibility index (Phi) is 5.37. The molecule has 0 aliphatic rings. The van der Waals surface area contributed by atoms with Crippen LogP contribution in [0.1, 0.15) is 19.3 Å². The molecule has 1 rings (SSSR count). The van der Waals surface area contributed by atoms with Crippen molar-refractivity contribution < 1.29 is 19.8 Å². The first-order valence-electron chi connectivity index (χ1n) is 5.42. The zero-order valence-electron chi connectivity index (χ0n) is 9.67. The summed E-state index contributed by atoms with van der Waals surface area (Å²) in [4.78, 5) is 21.2. The highest BCUT2D eigenvalue weighted by molar-refractivity contribution is 6.35. The summed E-state index contributed by atoms with van der Waals surface area (Å²) in [6.07, 6.45) is 0.288. The third-order valence-corrected chi connectivity index (χ3v) is 2.14. The molecule has 0 saturated heterocycles. The van der Waals surface area contributed by atoms with E-state index in [0.717, 1.165) is 0 Å². The molecule has 0 aliphatic carbocycles. The van der Waals surface area contributed by atoms with Crippen LogP contribution in [0.2, 0.25) is 0 Å². The van der Waals surface area contributed by atoms with Gasteiger partial charge < -0.3 is 10.2 Å². The second-order valence-corrected chi connectivity index (χ2v) is 3.59. The fourth-order valence-electron chi connectivity index (χ4n) is 1.26. The van der Waals surface area contributed by atoms with Gasteiger partial charge in [0.25, 0.3) is 0 Å². The minimum Gasteiger partial charge on any atom is -0.481 e. The van der Waals surface area contributed by atoms with Crippen LogP contribution in [0.25, 0.3) is 0 Å². The maximum Gasteiger partial charge on any atom is 0.352 e. The second-order valence-electron chi connectivity index (χ2n) is 3.59. The predicted molar refractivity (Wildman–Crippen MR) is 66.6 cm³/mol. The minimum atomic E-state index is -1.15. The summed E-state index contributed by atoms with van der Waals surface area (Å²) in [7, 11) is 0. The van der Waals surface area contributed by atoms with Crippen LogP contribution in [0.15, 0.2) is 35.4 Å². The number of carboxylic acid groups (broad SMARTS) is 2. The van der Waals surface area contributed by atoms with Gasteiger partial charge in [-0.3, -0.25) is 10.2 Å². The number of carbonyl (C=O) groups is 2. The molecule has 0 unspecified atom stereocenters. The number of hydrazone groups is 1. The van der Waals surface area contributed by atoms with E-state index in [1.54, 1.807) is 24.3 Å². The largest absolute Gasteiger partial charge is 0.481 e. The summed E-state index contributed by atoms with van der Waals surface area (Å²) >= 11 is 0. The van der Waals surface area contributed by atoms with Gasteiger partial charge in [0.2, 0.25) is 0 Å². The van der Waals surface area contributed by atoms with Crippen molar-refractivity contribution >= 4 is 23.3 Å². The number of nitrogens with zero attached hydrogens (tertiary/aromatic N) is 1. The summed E-state index contributed by atoms with van der Waals surface area (Å²) in [5.41, 5.74) is 3.22. The molecule has 0 saturated carbocycles. The first-order chi connectivity index (χ1) is 8.59. The monoisotopic (exact) mass is 250 g/mol. The zero-order chi connectivity index (χ0) is 13.4. The lowest BCUT2D eigenvalue weighted by Gasteiger charge is -2.03. The number of nitrogens with one attached hydrogen (secondary N) is 1. The fourth-order valence-corrected chi connectivity index (χ4v) is 1.26. The number of rotatable bonds is 7. The van der Waals surface area contributed by atoms with Gasteiger partial charge in [-0.15, -0.1) is 0 Å². The number of aliphatic carboxylic acids is 2. The van der Waals surface area contributed by atoms with Crippen molar-refractivity contribution in [3.63, 3.8) is 0 Å². The van der Waals surface area contributed by atoms with Crippen LogP contribution < -0.4 is 5.43 Å². The zero-order valence-corrected chi connectivity index (χ0v) is 9.67. The molecule has 0 fully saturated rings. The normalized spacial score (nSPS) is 11.0. The second kappa shape index (κ2) is 7.05. The molecule has 6 heteroatoms. The molecule has 1 aromatic rings. The molecule has 0 aromatic heterocycles. The molecule has 3 N–H and O–H groups in total. The lowest BCUT2D eigenvalue weighted by molar-refractivity contribution is -0.137. The van der Waals surface area contributed by atoms with Gasteiger partial charge in [0.1, 0.15) is 5.71 Å².